The van der Waals surface area contributed by atoms with Crippen LogP contribution >= 0.6 is 11.6 Å². The van der Waals surface area contributed by atoms with Gasteiger partial charge < -0.3 is 0 Å². The second-order valence-electron chi connectivity index (χ2n) is 2.68. The first kappa shape index (κ1) is 9.02. The molecule has 0 aliphatic heterocycles. The van der Waals surface area contributed by atoms with Crippen LogP contribution in [0.5, 0.6) is 0 Å². The summed E-state index contributed by atoms with van der Waals surface area (Å²) in [5.41, 5.74) is 1.06. The Kier molecular flexibility index (Phi) is 3.07. The molecule has 1 rings (SSSR count). The highest BCUT2D eigenvalue weighted by Gasteiger charge is 2.04. The van der Waals surface area contributed by atoms with Crippen LogP contribution in [0.2, 0.25) is 5.15 Å². The Labute approximate surface area is 76.8 Å². The average molecular weight is 181 g/mol. The largest absolute Gasteiger partial charge is 0.244 e. The van der Waals surface area contributed by atoms with E-state index >= 15 is 0 Å². The molecule has 1 heterocycles. The van der Waals surface area contributed by atoms with Crippen molar-refractivity contribution in [3.63, 3.8) is 0 Å². The van der Waals surface area contributed by atoms with Crippen molar-refractivity contribution in [3.8, 4) is 6.07 Å². The molecule has 0 aromatic carbocycles. The molecule has 0 saturated heterocycles. The number of rotatable bonds is 2. The fraction of sp³-hybridized carbons (Fsp3) is 0.333. The van der Waals surface area contributed by atoms with Gasteiger partial charge in [-0.05, 0) is 17.5 Å². The van der Waals surface area contributed by atoms with E-state index in [4.69, 9.17) is 16.9 Å². The van der Waals surface area contributed by atoms with Gasteiger partial charge in [0, 0.05) is 12.6 Å². The molecular formula is C9H9ClN2. The summed E-state index contributed by atoms with van der Waals surface area (Å²) in [6, 6.07) is 5.76. The molecule has 1 aromatic heterocycles. The van der Waals surface area contributed by atoms with E-state index in [0.717, 1.165) is 5.56 Å². The highest BCUT2D eigenvalue weighted by atomic mass is 35.5. The number of hydrogen-bond donors (Lipinski definition) is 0. The quantitative estimate of drug-likeness (QED) is 0.657. The molecule has 1 unspecified atom stereocenters. The Bertz CT molecular complexity index is 286. The molecule has 0 aliphatic carbocycles. The van der Waals surface area contributed by atoms with Crippen molar-refractivity contribution in [1.29, 1.82) is 5.26 Å². The highest BCUT2D eigenvalue weighted by molar-refractivity contribution is 6.29. The predicted octanol–water partition coefficient (Wildman–Crippen LogP) is 2.75. The number of halogens is 1. The summed E-state index contributed by atoms with van der Waals surface area (Å²) in [6.45, 7) is 1.99. The summed E-state index contributed by atoms with van der Waals surface area (Å²) < 4.78 is 0. The standard InChI is InChI=1S/C9H9ClN2/c1-7(4-5-11)8-2-3-9(10)12-6-8/h2-3,6-7H,4H2,1H3. The average Bonchev–Trinajstić information content (AvgIpc) is 2.06. The lowest BCUT2D eigenvalue weighted by atomic mass is 10.0. The molecule has 0 saturated carbocycles. The first-order valence-corrected chi connectivity index (χ1v) is 4.10. The van der Waals surface area contributed by atoms with Crippen LogP contribution in [0.4, 0.5) is 0 Å². The van der Waals surface area contributed by atoms with Crippen LogP contribution in [-0.2, 0) is 0 Å². The van der Waals surface area contributed by atoms with Gasteiger partial charge in [-0.3, -0.25) is 0 Å². The first-order valence-electron chi connectivity index (χ1n) is 3.72. The molecule has 2 nitrogen and oxygen atoms in total. The van der Waals surface area contributed by atoms with Crippen LogP contribution < -0.4 is 0 Å². The van der Waals surface area contributed by atoms with Crippen molar-refractivity contribution in [1.82, 2.24) is 4.98 Å². The van der Waals surface area contributed by atoms with Gasteiger partial charge in [-0.25, -0.2) is 4.98 Å². The van der Waals surface area contributed by atoms with Crippen molar-refractivity contribution in [2.45, 2.75) is 19.3 Å². The lowest BCUT2D eigenvalue weighted by Crippen LogP contribution is -1.92. The van der Waals surface area contributed by atoms with Crippen molar-refractivity contribution in [2.75, 3.05) is 0 Å². The van der Waals surface area contributed by atoms with Crippen LogP contribution in [0.1, 0.15) is 24.8 Å². The zero-order valence-electron chi connectivity index (χ0n) is 6.79. The molecule has 1 aromatic rings. The van der Waals surface area contributed by atoms with Crippen molar-refractivity contribution >= 4 is 11.6 Å². The third-order valence-corrected chi connectivity index (χ3v) is 1.94. The maximum Gasteiger partial charge on any atom is 0.129 e. The van der Waals surface area contributed by atoms with Gasteiger partial charge in [-0.1, -0.05) is 24.6 Å². The molecule has 12 heavy (non-hydrogen) atoms. The third-order valence-electron chi connectivity index (χ3n) is 1.72. The topological polar surface area (TPSA) is 36.7 Å². The van der Waals surface area contributed by atoms with Crippen LogP contribution in [-0.4, -0.2) is 4.98 Å². The molecule has 3 heteroatoms. The van der Waals surface area contributed by atoms with Gasteiger partial charge >= 0.3 is 0 Å². The number of aromatic nitrogens is 1. The van der Waals surface area contributed by atoms with Crippen LogP contribution in [0.25, 0.3) is 0 Å². The fourth-order valence-electron chi connectivity index (χ4n) is 0.934. The monoisotopic (exact) mass is 180 g/mol. The van der Waals surface area contributed by atoms with E-state index in [1.54, 1.807) is 12.3 Å². The van der Waals surface area contributed by atoms with Gasteiger partial charge in [0.15, 0.2) is 0 Å². The van der Waals surface area contributed by atoms with E-state index in [0.29, 0.717) is 11.6 Å². The Hall–Kier alpha value is -1.07. The normalized spacial score (nSPS) is 12.1. The summed E-state index contributed by atoms with van der Waals surface area (Å²) in [4.78, 5) is 3.94. The fourth-order valence-corrected chi connectivity index (χ4v) is 1.05. The first-order chi connectivity index (χ1) is 5.74. The predicted molar refractivity (Wildman–Crippen MR) is 47.9 cm³/mol. The second-order valence-corrected chi connectivity index (χ2v) is 3.06. The summed E-state index contributed by atoms with van der Waals surface area (Å²) in [5.74, 6) is 0.236. The van der Waals surface area contributed by atoms with Gasteiger partial charge in [0.05, 0.1) is 6.07 Å². The molecule has 0 aliphatic rings. The molecule has 0 fully saturated rings. The minimum absolute atomic E-state index is 0.236. The number of pyridine rings is 1. The molecule has 62 valence electrons. The van der Waals surface area contributed by atoms with E-state index in [-0.39, 0.29) is 5.92 Å². The van der Waals surface area contributed by atoms with Crippen LogP contribution in [0.15, 0.2) is 18.3 Å². The minimum atomic E-state index is 0.236. The van der Waals surface area contributed by atoms with Crippen molar-refractivity contribution in [3.05, 3.63) is 29.0 Å². The van der Waals surface area contributed by atoms with E-state index in [1.165, 1.54) is 0 Å². The number of nitrogens with zero attached hydrogens (tertiary/aromatic N) is 2. The van der Waals surface area contributed by atoms with Gasteiger partial charge in [0.25, 0.3) is 0 Å². The Morgan fingerprint density at radius 2 is 2.42 bits per heavy atom. The summed E-state index contributed by atoms with van der Waals surface area (Å²) >= 11 is 5.62. The van der Waals surface area contributed by atoms with E-state index < -0.39 is 0 Å². The minimum Gasteiger partial charge on any atom is -0.244 e. The highest BCUT2D eigenvalue weighted by Crippen LogP contribution is 2.18. The Balaban J connectivity index is 2.76. The zero-order chi connectivity index (χ0) is 8.97. The lowest BCUT2D eigenvalue weighted by molar-refractivity contribution is 0.783. The second kappa shape index (κ2) is 4.08. The zero-order valence-corrected chi connectivity index (χ0v) is 7.54. The van der Waals surface area contributed by atoms with Crippen LogP contribution in [0.3, 0.4) is 0 Å². The lowest BCUT2D eigenvalue weighted by Gasteiger charge is -2.05. The maximum atomic E-state index is 8.46. The smallest absolute Gasteiger partial charge is 0.129 e. The van der Waals surface area contributed by atoms with E-state index in [9.17, 15) is 0 Å². The van der Waals surface area contributed by atoms with E-state index in [1.807, 2.05) is 13.0 Å². The van der Waals surface area contributed by atoms with Crippen molar-refractivity contribution < 1.29 is 0 Å². The molecule has 0 bridgehead atoms. The molecule has 1 atom stereocenters. The molecule has 0 spiro atoms. The van der Waals surface area contributed by atoms with Crippen LogP contribution in [0, 0.1) is 11.3 Å². The SMILES string of the molecule is CC(CC#N)c1ccc(Cl)nc1. The molecule has 0 radical (unpaired) electrons. The van der Waals surface area contributed by atoms with Gasteiger partial charge in [-0.15, -0.1) is 0 Å². The third kappa shape index (κ3) is 2.21. The van der Waals surface area contributed by atoms with Gasteiger partial charge in [0.1, 0.15) is 5.15 Å². The molecule has 0 amide bonds. The summed E-state index contributed by atoms with van der Waals surface area (Å²) in [5, 5.41) is 8.94. The molecule has 0 N–H and O–H groups in total. The van der Waals surface area contributed by atoms with Crippen molar-refractivity contribution in [2.24, 2.45) is 0 Å². The maximum absolute atomic E-state index is 8.46. The Morgan fingerprint density at radius 3 is 2.92 bits per heavy atom. The number of nitriles is 1. The Morgan fingerprint density at radius 1 is 1.67 bits per heavy atom. The number of hydrogen-bond acceptors (Lipinski definition) is 2. The summed E-state index contributed by atoms with van der Waals surface area (Å²) in [7, 11) is 0. The van der Waals surface area contributed by atoms with E-state index in [2.05, 4.69) is 11.1 Å². The summed E-state index contributed by atoms with van der Waals surface area (Å²) in [6.07, 6.45) is 2.23. The van der Waals surface area contributed by atoms with Gasteiger partial charge in [-0.2, -0.15) is 5.26 Å². The molecular weight excluding hydrogens is 172 g/mol. The van der Waals surface area contributed by atoms with Gasteiger partial charge in [0.2, 0.25) is 0 Å².